The molecule has 3 atom stereocenters. The van der Waals surface area contributed by atoms with Crippen molar-refractivity contribution >= 4 is 0 Å². The molecule has 2 rings (SSSR count). The third-order valence-corrected chi connectivity index (χ3v) is 3.03. The van der Waals surface area contributed by atoms with Gasteiger partial charge in [0.05, 0.1) is 0 Å². The summed E-state index contributed by atoms with van der Waals surface area (Å²) in [5.74, 6) is 1.53. The third-order valence-electron chi connectivity index (χ3n) is 3.03. The lowest BCUT2D eigenvalue weighted by Gasteiger charge is -2.17. The van der Waals surface area contributed by atoms with Gasteiger partial charge in [0.25, 0.3) is 6.55 Å². The van der Waals surface area contributed by atoms with E-state index >= 15 is 0 Å². The first-order valence-corrected chi connectivity index (χ1v) is 4.25. The molecule has 0 radical (unpaired) electrons. The monoisotopic (exact) mass is 177 g/mol. The maximum absolute atomic E-state index is 12.1. The maximum atomic E-state index is 12.1. The molecule has 70 valence electrons. The van der Waals surface area contributed by atoms with Gasteiger partial charge in [-0.1, -0.05) is 0 Å². The van der Waals surface area contributed by atoms with Crippen LogP contribution in [-0.4, -0.2) is 38.3 Å². The van der Waals surface area contributed by atoms with Gasteiger partial charge >= 0.3 is 0 Å². The maximum Gasteiger partial charge on any atom is 0.294 e. The van der Waals surface area contributed by atoms with Crippen LogP contribution in [0.5, 0.6) is 0 Å². The Labute approximate surface area is 70.5 Å². The van der Waals surface area contributed by atoms with Crippen LogP contribution in [0.3, 0.4) is 0 Å². The van der Waals surface area contributed by atoms with Gasteiger partial charge in [-0.25, -0.2) is 4.90 Å². The Hall–Kier alpha value is -0.220. The number of piperidine rings is 1. The SMILES string of the molecule is COC[C@@H]1[C@H]2CN(C(F)F)C[C@@H]12. The Kier molecular flexibility index (Phi) is 2.04. The zero-order chi connectivity index (χ0) is 8.72. The summed E-state index contributed by atoms with van der Waals surface area (Å²) in [6, 6.07) is 0. The fourth-order valence-corrected chi connectivity index (χ4v) is 2.28. The summed E-state index contributed by atoms with van der Waals surface area (Å²) in [5.41, 5.74) is 0. The van der Waals surface area contributed by atoms with Crippen LogP contribution in [0.1, 0.15) is 0 Å². The first-order valence-electron chi connectivity index (χ1n) is 4.25. The highest BCUT2D eigenvalue weighted by Crippen LogP contribution is 2.52. The first-order chi connectivity index (χ1) is 5.74. The van der Waals surface area contributed by atoms with Crippen LogP contribution >= 0.6 is 0 Å². The smallest absolute Gasteiger partial charge is 0.294 e. The van der Waals surface area contributed by atoms with Crippen LogP contribution in [0.4, 0.5) is 8.78 Å². The number of halogens is 2. The molecule has 0 spiro atoms. The van der Waals surface area contributed by atoms with E-state index in [0.717, 1.165) is 6.61 Å². The van der Waals surface area contributed by atoms with E-state index in [9.17, 15) is 8.78 Å². The van der Waals surface area contributed by atoms with Crippen molar-refractivity contribution in [1.29, 1.82) is 0 Å². The summed E-state index contributed by atoms with van der Waals surface area (Å²) < 4.78 is 29.3. The molecule has 0 amide bonds. The van der Waals surface area contributed by atoms with Crippen LogP contribution in [0.15, 0.2) is 0 Å². The molecule has 2 aliphatic rings. The molecule has 12 heavy (non-hydrogen) atoms. The fraction of sp³-hybridized carbons (Fsp3) is 1.00. The average molecular weight is 177 g/mol. The second-order valence-electron chi connectivity index (χ2n) is 3.68. The van der Waals surface area contributed by atoms with E-state index in [4.69, 9.17) is 4.74 Å². The Balaban J connectivity index is 1.78. The number of hydrogen-bond donors (Lipinski definition) is 0. The van der Waals surface area contributed by atoms with Gasteiger partial charge < -0.3 is 4.74 Å². The van der Waals surface area contributed by atoms with Crippen molar-refractivity contribution in [2.24, 2.45) is 17.8 Å². The lowest BCUT2D eigenvalue weighted by atomic mass is 10.3. The molecule has 2 nitrogen and oxygen atoms in total. The molecule has 1 heterocycles. The number of nitrogens with zero attached hydrogens (tertiary/aromatic N) is 1. The Bertz CT molecular complexity index is 164. The lowest BCUT2D eigenvalue weighted by Crippen LogP contribution is -2.30. The molecule has 1 aliphatic heterocycles. The number of methoxy groups -OCH3 is 1. The molecule has 1 saturated heterocycles. The van der Waals surface area contributed by atoms with Gasteiger partial charge in [0.2, 0.25) is 0 Å². The van der Waals surface area contributed by atoms with E-state index in [1.54, 1.807) is 7.11 Å². The van der Waals surface area contributed by atoms with E-state index in [1.165, 1.54) is 4.90 Å². The fourth-order valence-electron chi connectivity index (χ4n) is 2.28. The van der Waals surface area contributed by atoms with E-state index < -0.39 is 6.55 Å². The number of ether oxygens (including phenoxy) is 1. The minimum absolute atomic E-state index is 0.485. The number of hydrogen-bond acceptors (Lipinski definition) is 2. The summed E-state index contributed by atoms with van der Waals surface area (Å²) in [4.78, 5) is 1.25. The molecule has 1 saturated carbocycles. The first kappa shape index (κ1) is 8.38. The zero-order valence-electron chi connectivity index (χ0n) is 7.04. The van der Waals surface area contributed by atoms with Gasteiger partial charge in [0.15, 0.2) is 0 Å². The lowest BCUT2D eigenvalue weighted by molar-refractivity contribution is -0.0231. The van der Waals surface area contributed by atoms with Crippen LogP contribution < -0.4 is 0 Å². The second-order valence-corrected chi connectivity index (χ2v) is 3.68. The van der Waals surface area contributed by atoms with Crippen LogP contribution in [0.25, 0.3) is 0 Å². The summed E-state index contributed by atoms with van der Waals surface area (Å²) in [6.45, 7) is -0.389. The summed E-state index contributed by atoms with van der Waals surface area (Å²) in [6.07, 6.45) is 0. The number of likely N-dealkylation sites (tertiary alicyclic amines) is 1. The second kappa shape index (κ2) is 2.92. The molecule has 0 bridgehead atoms. The van der Waals surface area contributed by atoms with E-state index in [1.807, 2.05) is 0 Å². The molecule has 1 aliphatic carbocycles. The van der Waals surface area contributed by atoms with Gasteiger partial charge in [0, 0.05) is 26.8 Å². The highest BCUT2D eigenvalue weighted by molar-refractivity contribution is 5.04. The van der Waals surface area contributed by atoms with Gasteiger partial charge in [-0.05, 0) is 17.8 Å². The van der Waals surface area contributed by atoms with Crippen molar-refractivity contribution in [3.63, 3.8) is 0 Å². The van der Waals surface area contributed by atoms with Crippen molar-refractivity contribution < 1.29 is 13.5 Å². The Morgan fingerprint density at radius 3 is 2.42 bits per heavy atom. The average Bonchev–Trinajstić information content (AvgIpc) is 2.51. The van der Waals surface area contributed by atoms with Crippen molar-refractivity contribution in [3.8, 4) is 0 Å². The van der Waals surface area contributed by atoms with Crippen molar-refractivity contribution in [2.75, 3.05) is 26.8 Å². The molecule has 0 aromatic carbocycles. The predicted octanol–water partition coefficient (Wildman–Crippen LogP) is 1.03. The zero-order valence-corrected chi connectivity index (χ0v) is 7.04. The Morgan fingerprint density at radius 2 is 2.00 bits per heavy atom. The van der Waals surface area contributed by atoms with Crippen LogP contribution in [0.2, 0.25) is 0 Å². The Morgan fingerprint density at radius 1 is 1.42 bits per heavy atom. The molecule has 2 fully saturated rings. The summed E-state index contributed by atoms with van der Waals surface area (Å²) in [7, 11) is 1.67. The van der Waals surface area contributed by atoms with E-state index in [-0.39, 0.29) is 0 Å². The van der Waals surface area contributed by atoms with Gasteiger partial charge in [-0.2, -0.15) is 8.78 Å². The molecular formula is C8H13F2NO. The minimum atomic E-state index is -2.26. The van der Waals surface area contributed by atoms with Gasteiger partial charge in [-0.3, -0.25) is 0 Å². The van der Waals surface area contributed by atoms with Crippen molar-refractivity contribution in [2.45, 2.75) is 6.55 Å². The molecular weight excluding hydrogens is 164 g/mol. The third kappa shape index (κ3) is 1.23. The number of rotatable bonds is 3. The largest absolute Gasteiger partial charge is 0.384 e. The molecule has 0 aromatic rings. The van der Waals surface area contributed by atoms with Gasteiger partial charge in [-0.15, -0.1) is 0 Å². The van der Waals surface area contributed by atoms with Crippen LogP contribution in [-0.2, 0) is 4.74 Å². The number of alkyl halides is 2. The summed E-state index contributed by atoms with van der Waals surface area (Å²) in [5, 5.41) is 0. The van der Waals surface area contributed by atoms with Crippen molar-refractivity contribution in [3.05, 3.63) is 0 Å². The molecule has 0 N–H and O–H groups in total. The van der Waals surface area contributed by atoms with E-state index in [0.29, 0.717) is 30.8 Å². The van der Waals surface area contributed by atoms with Crippen molar-refractivity contribution in [1.82, 2.24) is 4.90 Å². The quantitative estimate of drug-likeness (QED) is 0.597. The molecule has 0 aromatic heterocycles. The van der Waals surface area contributed by atoms with Gasteiger partial charge in [0.1, 0.15) is 0 Å². The van der Waals surface area contributed by atoms with Crippen LogP contribution in [0, 0.1) is 17.8 Å². The minimum Gasteiger partial charge on any atom is -0.384 e. The predicted molar refractivity (Wildman–Crippen MR) is 39.9 cm³/mol. The standard InChI is InChI=1S/C8H13F2NO/c1-12-4-7-5-2-11(8(9)10)3-6(5)7/h5-8H,2-4H2,1H3/t5-,6+,7+. The topological polar surface area (TPSA) is 12.5 Å². The highest BCUT2D eigenvalue weighted by Gasteiger charge is 2.56. The highest BCUT2D eigenvalue weighted by atomic mass is 19.3. The normalized spacial score (nSPS) is 40.5. The summed E-state index contributed by atoms with van der Waals surface area (Å²) >= 11 is 0. The van der Waals surface area contributed by atoms with E-state index in [2.05, 4.69) is 0 Å². The molecule has 0 unspecified atom stereocenters. The molecule has 4 heteroatoms. The number of fused-ring (bicyclic) bond motifs is 1.